The lowest BCUT2D eigenvalue weighted by Gasteiger charge is -2.42. The molecule has 1 aromatic carbocycles. The fraction of sp³-hybridized carbons (Fsp3) is 0.417. The number of H-pyrrole nitrogens is 1. The van der Waals surface area contributed by atoms with Gasteiger partial charge in [-0.2, -0.15) is 4.40 Å². The molecular weight excluding hydrogens is 365 g/mol. The van der Waals surface area contributed by atoms with Gasteiger partial charge in [-0.05, 0) is 72.4 Å². The van der Waals surface area contributed by atoms with Crippen LogP contribution in [0, 0.1) is 22.6 Å². The first kappa shape index (κ1) is 18.3. The quantitative estimate of drug-likeness (QED) is 0.634. The molecule has 2 bridgehead atoms. The third kappa shape index (κ3) is 2.70. The number of benzene rings is 1. The van der Waals surface area contributed by atoms with Crippen molar-refractivity contribution in [3.8, 4) is 11.3 Å². The smallest absolute Gasteiger partial charge is 0.342 e. The minimum absolute atomic E-state index is 0.0913. The molecule has 3 aromatic rings. The van der Waals surface area contributed by atoms with E-state index in [1.165, 1.54) is 31.4 Å². The van der Waals surface area contributed by atoms with E-state index in [4.69, 9.17) is 0 Å². The fourth-order valence-electron chi connectivity index (χ4n) is 5.95. The Hall–Kier alpha value is -2.69. The van der Waals surface area contributed by atoms with E-state index in [1.807, 2.05) is 28.8 Å². The molecule has 5 rings (SSSR count). The van der Waals surface area contributed by atoms with Gasteiger partial charge in [0.2, 0.25) is 0 Å². The summed E-state index contributed by atoms with van der Waals surface area (Å²) in [5.41, 5.74) is 2.81. The number of fused-ring (bicyclic) bond motifs is 3. The molecule has 0 spiro atoms. The lowest BCUT2D eigenvalue weighted by atomic mass is 9.68. The summed E-state index contributed by atoms with van der Waals surface area (Å²) < 4.78 is 15.3. The monoisotopic (exact) mass is 392 g/mol. The molecule has 2 heterocycles. The Morgan fingerprint density at radius 2 is 1.93 bits per heavy atom. The first-order chi connectivity index (χ1) is 13.8. The highest BCUT2D eigenvalue weighted by Gasteiger charge is 2.60. The summed E-state index contributed by atoms with van der Waals surface area (Å²) in [6, 6.07) is 12.3. The van der Waals surface area contributed by atoms with Gasteiger partial charge in [0.25, 0.3) is 0 Å². The Kier molecular flexibility index (Phi) is 3.89. The third-order valence-corrected chi connectivity index (χ3v) is 7.49. The maximum atomic E-state index is 13.4. The van der Waals surface area contributed by atoms with E-state index in [0.29, 0.717) is 11.7 Å². The zero-order valence-electron chi connectivity index (χ0n) is 17.1. The molecule has 150 valence electrons. The Labute approximate surface area is 170 Å². The van der Waals surface area contributed by atoms with Crippen LogP contribution in [0.1, 0.15) is 50.7 Å². The Morgan fingerprint density at radius 1 is 1.17 bits per heavy atom. The second-order valence-corrected chi connectivity index (χ2v) is 9.63. The van der Waals surface area contributed by atoms with Gasteiger partial charge < -0.3 is 5.32 Å². The Morgan fingerprint density at radius 3 is 2.62 bits per heavy atom. The third-order valence-electron chi connectivity index (χ3n) is 7.49. The van der Waals surface area contributed by atoms with Crippen LogP contribution in [0.25, 0.3) is 16.8 Å². The van der Waals surface area contributed by atoms with Crippen LogP contribution < -0.4 is 9.72 Å². The number of aromatic nitrogens is 2. The number of rotatable bonds is 3. The summed E-state index contributed by atoms with van der Waals surface area (Å²) in [7, 11) is 0. The fourth-order valence-corrected chi connectivity index (χ4v) is 5.95. The van der Waals surface area contributed by atoms with Crippen molar-refractivity contribution >= 4 is 11.4 Å². The molecule has 2 N–H and O–H groups in total. The molecule has 2 aromatic heterocycles. The second-order valence-electron chi connectivity index (χ2n) is 9.63. The average Bonchev–Trinajstić information content (AvgIpc) is 3.33. The molecule has 29 heavy (non-hydrogen) atoms. The van der Waals surface area contributed by atoms with E-state index >= 15 is 0 Å². The van der Waals surface area contributed by atoms with Gasteiger partial charge in [-0.3, -0.25) is 4.79 Å². The van der Waals surface area contributed by atoms with Crippen LogP contribution in [-0.2, 0) is 0 Å². The van der Waals surface area contributed by atoms with Crippen LogP contribution in [-0.4, -0.2) is 16.9 Å². The van der Waals surface area contributed by atoms with Gasteiger partial charge in [0, 0.05) is 11.6 Å². The standard InChI is InChI=1S/C24H26FN3O/c1-23(2)16-11-12-24(3,14-16)22(23)27-21(29)20-26-19(15-7-9-17(25)10-8-15)18-6-4-5-13-28(18)20/h4-10,13,16,22H,11-12,14H2,1-3H3,(H,27,29)/p+1/t16-,22+,24+/m1/s1. The number of hydrogen-bond donors (Lipinski definition) is 2. The first-order valence-corrected chi connectivity index (χ1v) is 10.4. The predicted octanol–water partition coefficient (Wildman–Crippen LogP) is 4.50. The number of nitrogens with one attached hydrogen (secondary N) is 2. The molecule has 1 amide bonds. The number of pyridine rings is 1. The van der Waals surface area contributed by atoms with E-state index in [1.54, 1.807) is 12.1 Å². The SMILES string of the molecule is CC1(C)[C@@H]2CC[C@@](C)(C2)[C@H]1NC(=O)c1[nH]c(-c2ccc(F)cc2)c2cccc[n+]12. The summed E-state index contributed by atoms with van der Waals surface area (Å²) in [5, 5.41) is 3.37. The minimum atomic E-state index is -0.276. The van der Waals surface area contributed by atoms with Crippen LogP contribution in [0.2, 0.25) is 0 Å². The van der Waals surface area contributed by atoms with Crippen molar-refractivity contribution in [2.24, 2.45) is 16.7 Å². The highest BCUT2D eigenvalue weighted by atomic mass is 19.1. The number of aromatic amines is 1. The molecule has 2 fully saturated rings. The molecule has 0 radical (unpaired) electrons. The molecule has 2 aliphatic carbocycles. The van der Waals surface area contributed by atoms with Crippen LogP contribution in [0.4, 0.5) is 4.39 Å². The first-order valence-electron chi connectivity index (χ1n) is 10.4. The molecule has 0 unspecified atom stereocenters. The van der Waals surface area contributed by atoms with E-state index in [2.05, 4.69) is 31.1 Å². The molecule has 0 aliphatic heterocycles. The van der Waals surface area contributed by atoms with Crippen LogP contribution in [0.15, 0.2) is 48.7 Å². The highest BCUT2D eigenvalue weighted by molar-refractivity contribution is 5.91. The maximum Gasteiger partial charge on any atom is 0.351 e. The van der Waals surface area contributed by atoms with Gasteiger partial charge in [0.15, 0.2) is 11.2 Å². The average molecular weight is 392 g/mol. The van der Waals surface area contributed by atoms with Crippen molar-refractivity contribution in [3.05, 3.63) is 60.3 Å². The Balaban J connectivity index is 1.54. The largest absolute Gasteiger partial charge is 0.351 e. The molecule has 2 saturated carbocycles. The molecule has 3 atom stereocenters. The molecular formula is C24H27FN3O+. The van der Waals surface area contributed by atoms with Gasteiger partial charge in [-0.1, -0.05) is 26.8 Å². The Bertz CT molecular complexity index is 1100. The second kappa shape index (κ2) is 6.15. The van der Waals surface area contributed by atoms with Crippen molar-refractivity contribution < 1.29 is 13.6 Å². The molecule has 0 saturated heterocycles. The summed E-state index contributed by atoms with van der Waals surface area (Å²) in [5.74, 6) is 0.802. The van der Waals surface area contributed by atoms with Gasteiger partial charge >= 0.3 is 11.7 Å². The zero-order valence-corrected chi connectivity index (χ0v) is 17.1. The predicted molar refractivity (Wildman–Crippen MR) is 110 cm³/mol. The topological polar surface area (TPSA) is 49.0 Å². The van der Waals surface area contributed by atoms with Gasteiger partial charge in [-0.25, -0.2) is 9.37 Å². The van der Waals surface area contributed by atoms with Gasteiger partial charge in [0.05, 0.1) is 6.20 Å². The number of hydrogen-bond acceptors (Lipinski definition) is 1. The van der Waals surface area contributed by atoms with Crippen molar-refractivity contribution in [2.45, 2.75) is 46.1 Å². The van der Waals surface area contributed by atoms with Crippen molar-refractivity contribution in [2.75, 3.05) is 0 Å². The van der Waals surface area contributed by atoms with E-state index in [9.17, 15) is 9.18 Å². The van der Waals surface area contributed by atoms with E-state index < -0.39 is 0 Å². The van der Waals surface area contributed by atoms with Crippen LogP contribution in [0.5, 0.6) is 0 Å². The zero-order chi connectivity index (χ0) is 20.4. The molecule has 4 nitrogen and oxygen atoms in total. The summed E-state index contributed by atoms with van der Waals surface area (Å²) in [4.78, 5) is 16.7. The van der Waals surface area contributed by atoms with Gasteiger partial charge in [0.1, 0.15) is 5.82 Å². The highest BCUT2D eigenvalue weighted by Crippen LogP contribution is 2.62. The van der Waals surface area contributed by atoms with Gasteiger partial charge in [-0.15, -0.1) is 0 Å². The summed E-state index contributed by atoms with van der Waals surface area (Å²) >= 11 is 0. The summed E-state index contributed by atoms with van der Waals surface area (Å²) in [6.45, 7) is 6.89. The van der Waals surface area contributed by atoms with Crippen molar-refractivity contribution in [1.29, 1.82) is 0 Å². The number of carbonyl (C=O) groups is 1. The van der Waals surface area contributed by atoms with E-state index in [-0.39, 0.29) is 28.6 Å². The number of carbonyl (C=O) groups excluding carboxylic acids is 1. The molecule has 5 heteroatoms. The number of halogens is 1. The molecule has 2 aliphatic rings. The van der Waals surface area contributed by atoms with E-state index in [0.717, 1.165) is 16.8 Å². The number of imidazole rings is 1. The van der Waals surface area contributed by atoms with Crippen molar-refractivity contribution in [3.63, 3.8) is 0 Å². The maximum absolute atomic E-state index is 13.4. The lowest BCUT2D eigenvalue weighted by Crippen LogP contribution is -2.53. The normalized spacial score (nSPS) is 27.4. The lowest BCUT2D eigenvalue weighted by molar-refractivity contribution is -0.514. The minimum Gasteiger partial charge on any atom is -0.342 e. The summed E-state index contributed by atoms with van der Waals surface area (Å²) in [6.07, 6.45) is 5.50. The number of nitrogens with zero attached hydrogens (tertiary/aromatic N) is 1. The van der Waals surface area contributed by atoms with Crippen molar-refractivity contribution in [1.82, 2.24) is 10.3 Å². The number of amides is 1. The van der Waals surface area contributed by atoms with Crippen LogP contribution >= 0.6 is 0 Å². The van der Waals surface area contributed by atoms with Crippen LogP contribution in [0.3, 0.4) is 0 Å².